The molecule has 17 heavy (non-hydrogen) atoms. The standard InChI is InChI=1S/C11H17NO4S/c1-8(2)16-11-9(5-4-6-10(11)13)7-17(14,15)12-3/h4-6,8,12-13H,7H2,1-3H3. The van der Waals surface area contributed by atoms with Gasteiger partial charge in [-0.3, -0.25) is 0 Å². The van der Waals surface area contributed by atoms with E-state index in [1.54, 1.807) is 12.1 Å². The molecular formula is C11H17NO4S. The zero-order valence-electron chi connectivity index (χ0n) is 10.1. The molecule has 0 aromatic heterocycles. The van der Waals surface area contributed by atoms with Gasteiger partial charge in [0.25, 0.3) is 0 Å². The third-order valence-electron chi connectivity index (χ3n) is 2.09. The van der Waals surface area contributed by atoms with Crippen molar-refractivity contribution in [3.8, 4) is 11.5 Å². The molecule has 0 atom stereocenters. The molecule has 0 fully saturated rings. The van der Waals surface area contributed by atoms with E-state index in [4.69, 9.17) is 4.74 Å². The van der Waals surface area contributed by atoms with E-state index >= 15 is 0 Å². The van der Waals surface area contributed by atoms with Crippen LogP contribution in [0.25, 0.3) is 0 Å². The van der Waals surface area contributed by atoms with E-state index < -0.39 is 10.0 Å². The molecule has 1 aromatic carbocycles. The predicted molar refractivity (Wildman–Crippen MR) is 65.6 cm³/mol. The number of ether oxygens (including phenoxy) is 1. The second-order valence-corrected chi connectivity index (χ2v) is 5.82. The lowest BCUT2D eigenvalue weighted by atomic mass is 10.2. The van der Waals surface area contributed by atoms with Gasteiger partial charge in [0.15, 0.2) is 11.5 Å². The number of nitrogens with one attached hydrogen (secondary N) is 1. The van der Waals surface area contributed by atoms with Crippen LogP contribution in [0.3, 0.4) is 0 Å². The minimum absolute atomic E-state index is 0.0532. The SMILES string of the molecule is CNS(=O)(=O)Cc1cccc(O)c1OC(C)C. The third-order valence-corrected chi connectivity index (χ3v) is 3.40. The summed E-state index contributed by atoms with van der Waals surface area (Å²) in [6.07, 6.45) is -0.140. The van der Waals surface area contributed by atoms with Crippen molar-refractivity contribution in [1.82, 2.24) is 4.72 Å². The Morgan fingerprint density at radius 1 is 1.41 bits per heavy atom. The number of sulfonamides is 1. The lowest BCUT2D eigenvalue weighted by molar-refractivity contribution is 0.230. The quantitative estimate of drug-likeness (QED) is 0.834. The first-order valence-electron chi connectivity index (χ1n) is 5.24. The van der Waals surface area contributed by atoms with Crippen LogP contribution in [0.1, 0.15) is 19.4 Å². The van der Waals surface area contributed by atoms with E-state index in [0.29, 0.717) is 5.56 Å². The molecule has 1 rings (SSSR count). The normalized spacial score (nSPS) is 11.8. The second-order valence-electron chi connectivity index (χ2n) is 3.90. The average Bonchev–Trinajstić information content (AvgIpc) is 2.22. The van der Waals surface area contributed by atoms with E-state index in [1.165, 1.54) is 13.1 Å². The highest BCUT2D eigenvalue weighted by molar-refractivity contribution is 7.88. The van der Waals surface area contributed by atoms with Gasteiger partial charge < -0.3 is 9.84 Å². The number of benzene rings is 1. The third kappa shape index (κ3) is 3.90. The fourth-order valence-electron chi connectivity index (χ4n) is 1.33. The zero-order valence-corrected chi connectivity index (χ0v) is 10.9. The van der Waals surface area contributed by atoms with Gasteiger partial charge >= 0.3 is 0 Å². The summed E-state index contributed by atoms with van der Waals surface area (Å²) in [7, 11) is -2.04. The number of aromatic hydroxyl groups is 1. The minimum atomic E-state index is -3.39. The second kappa shape index (κ2) is 5.37. The molecule has 2 N–H and O–H groups in total. The largest absolute Gasteiger partial charge is 0.504 e. The van der Waals surface area contributed by atoms with E-state index in [2.05, 4.69) is 4.72 Å². The summed E-state index contributed by atoms with van der Waals surface area (Å²) in [6.45, 7) is 3.62. The van der Waals surface area contributed by atoms with Gasteiger partial charge in [0, 0.05) is 5.56 Å². The van der Waals surface area contributed by atoms with Gasteiger partial charge in [-0.25, -0.2) is 13.1 Å². The van der Waals surface area contributed by atoms with Crippen LogP contribution in [0.4, 0.5) is 0 Å². The van der Waals surface area contributed by atoms with Crippen LogP contribution in [0.5, 0.6) is 11.5 Å². The average molecular weight is 259 g/mol. The van der Waals surface area contributed by atoms with Crippen molar-refractivity contribution < 1.29 is 18.3 Å². The highest BCUT2D eigenvalue weighted by Gasteiger charge is 2.16. The molecule has 0 radical (unpaired) electrons. The number of hydrogen-bond donors (Lipinski definition) is 2. The fraction of sp³-hybridized carbons (Fsp3) is 0.455. The Bertz CT molecular complexity index is 482. The molecule has 0 aliphatic rings. The van der Waals surface area contributed by atoms with Crippen LogP contribution >= 0.6 is 0 Å². The van der Waals surface area contributed by atoms with Gasteiger partial charge in [0.1, 0.15) is 0 Å². The molecule has 0 saturated heterocycles. The molecule has 0 aliphatic heterocycles. The summed E-state index contributed by atoms with van der Waals surface area (Å²) in [5.41, 5.74) is 0.438. The molecular weight excluding hydrogens is 242 g/mol. The Labute approximate surface area is 101 Å². The molecule has 0 spiro atoms. The van der Waals surface area contributed by atoms with Gasteiger partial charge in [0.05, 0.1) is 11.9 Å². The summed E-state index contributed by atoms with van der Waals surface area (Å²) >= 11 is 0. The predicted octanol–water partition coefficient (Wildman–Crippen LogP) is 1.23. The summed E-state index contributed by atoms with van der Waals surface area (Å²) in [4.78, 5) is 0. The Kier molecular flexibility index (Phi) is 4.36. The van der Waals surface area contributed by atoms with Crippen LogP contribution in [0.2, 0.25) is 0 Å². The highest BCUT2D eigenvalue weighted by atomic mass is 32.2. The molecule has 96 valence electrons. The summed E-state index contributed by atoms with van der Waals surface area (Å²) in [5.74, 6) is -0.0521. The maximum Gasteiger partial charge on any atom is 0.215 e. The van der Waals surface area contributed by atoms with Crippen molar-refractivity contribution in [1.29, 1.82) is 0 Å². The number of phenolic OH excluding ortho intramolecular Hbond substituents is 1. The van der Waals surface area contributed by atoms with Gasteiger partial charge in [0.2, 0.25) is 10.0 Å². The van der Waals surface area contributed by atoms with Crippen molar-refractivity contribution in [2.75, 3.05) is 7.05 Å². The Hall–Kier alpha value is -1.27. The topological polar surface area (TPSA) is 75.6 Å². The first kappa shape index (κ1) is 13.8. The van der Waals surface area contributed by atoms with Crippen LogP contribution in [0, 0.1) is 0 Å². The maximum absolute atomic E-state index is 11.5. The first-order valence-corrected chi connectivity index (χ1v) is 6.89. The van der Waals surface area contributed by atoms with E-state index in [0.717, 1.165) is 0 Å². The Morgan fingerprint density at radius 3 is 2.59 bits per heavy atom. The molecule has 0 saturated carbocycles. The number of rotatable bonds is 5. The van der Waals surface area contributed by atoms with Gasteiger partial charge in [-0.15, -0.1) is 0 Å². The monoisotopic (exact) mass is 259 g/mol. The molecule has 0 aliphatic carbocycles. The lowest BCUT2D eigenvalue weighted by Crippen LogP contribution is -2.21. The van der Waals surface area contributed by atoms with Crippen LogP contribution in [0.15, 0.2) is 18.2 Å². The molecule has 5 nitrogen and oxygen atoms in total. The summed E-state index contributed by atoms with van der Waals surface area (Å²) in [6, 6.07) is 4.67. The van der Waals surface area contributed by atoms with Crippen molar-refractivity contribution >= 4 is 10.0 Å². The van der Waals surface area contributed by atoms with Crippen molar-refractivity contribution in [3.05, 3.63) is 23.8 Å². The molecule has 0 unspecified atom stereocenters. The molecule has 0 heterocycles. The number of phenols is 1. The van der Waals surface area contributed by atoms with E-state index in [-0.39, 0.29) is 23.4 Å². The number of hydrogen-bond acceptors (Lipinski definition) is 4. The number of para-hydroxylation sites is 1. The van der Waals surface area contributed by atoms with E-state index in [9.17, 15) is 13.5 Å². The zero-order chi connectivity index (χ0) is 13.1. The smallest absolute Gasteiger partial charge is 0.215 e. The van der Waals surface area contributed by atoms with Gasteiger partial charge in [-0.1, -0.05) is 12.1 Å². The van der Waals surface area contributed by atoms with Gasteiger partial charge in [-0.2, -0.15) is 0 Å². The lowest BCUT2D eigenvalue weighted by Gasteiger charge is -2.15. The Balaban J connectivity index is 3.11. The van der Waals surface area contributed by atoms with Crippen molar-refractivity contribution in [2.45, 2.75) is 25.7 Å². The van der Waals surface area contributed by atoms with E-state index in [1.807, 2.05) is 13.8 Å². The van der Waals surface area contributed by atoms with Crippen LogP contribution in [-0.4, -0.2) is 26.7 Å². The molecule has 0 bridgehead atoms. The highest BCUT2D eigenvalue weighted by Crippen LogP contribution is 2.31. The molecule has 1 aromatic rings. The van der Waals surface area contributed by atoms with Crippen LogP contribution < -0.4 is 9.46 Å². The maximum atomic E-state index is 11.5. The summed E-state index contributed by atoms with van der Waals surface area (Å²) < 4.78 is 30.6. The molecule has 0 amide bonds. The first-order chi connectivity index (χ1) is 7.85. The van der Waals surface area contributed by atoms with Crippen molar-refractivity contribution in [3.63, 3.8) is 0 Å². The summed E-state index contributed by atoms with van der Waals surface area (Å²) in [5, 5.41) is 9.67. The minimum Gasteiger partial charge on any atom is -0.504 e. The molecule has 6 heteroatoms. The van der Waals surface area contributed by atoms with Crippen LogP contribution in [-0.2, 0) is 15.8 Å². The van der Waals surface area contributed by atoms with Gasteiger partial charge in [-0.05, 0) is 27.0 Å². The fourth-order valence-corrected chi connectivity index (χ4v) is 2.11. The van der Waals surface area contributed by atoms with Crippen molar-refractivity contribution in [2.24, 2.45) is 0 Å². The Morgan fingerprint density at radius 2 is 2.06 bits per heavy atom.